The standard InChI is InChI=1S/C22H33N5O2/c1-16-13-19(26(2)24-16)15-27-9-7-22(8-10-27,14-17-3-4-17)21-23-20(29-25-21)18-5-11-28-12-6-18/h13,17-18H,3-12,14-15H2,1-2H3. The van der Waals surface area contributed by atoms with Crippen molar-refractivity contribution < 1.29 is 9.26 Å². The van der Waals surface area contributed by atoms with Gasteiger partial charge in [-0.15, -0.1) is 0 Å². The molecule has 1 saturated carbocycles. The van der Waals surface area contributed by atoms with E-state index in [1.54, 1.807) is 0 Å². The highest BCUT2D eigenvalue weighted by Gasteiger charge is 2.44. The minimum absolute atomic E-state index is 0.0902. The monoisotopic (exact) mass is 399 g/mol. The first-order chi connectivity index (χ1) is 14.1. The second-order valence-electron chi connectivity index (χ2n) is 9.45. The molecule has 29 heavy (non-hydrogen) atoms. The molecule has 0 amide bonds. The topological polar surface area (TPSA) is 69.2 Å². The van der Waals surface area contributed by atoms with E-state index in [4.69, 9.17) is 14.2 Å². The van der Waals surface area contributed by atoms with Crippen LogP contribution >= 0.6 is 0 Å². The Morgan fingerprint density at radius 2 is 1.90 bits per heavy atom. The van der Waals surface area contributed by atoms with Crippen molar-refractivity contribution in [1.82, 2.24) is 24.8 Å². The number of aryl methyl sites for hydroxylation is 2. The lowest BCUT2D eigenvalue weighted by atomic mass is 9.73. The van der Waals surface area contributed by atoms with Crippen molar-refractivity contribution in [3.8, 4) is 0 Å². The van der Waals surface area contributed by atoms with E-state index < -0.39 is 0 Å². The van der Waals surface area contributed by atoms with Crippen molar-refractivity contribution in [2.24, 2.45) is 13.0 Å². The number of ether oxygens (including phenoxy) is 1. The first-order valence-corrected chi connectivity index (χ1v) is 11.2. The van der Waals surface area contributed by atoms with Crippen LogP contribution in [0.1, 0.15) is 74.0 Å². The molecule has 2 aliphatic heterocycles. The van der Waals surface area contributed by atoms with E-state index in [-0.39, 0.29) is 5.41 Å². The lowest BCUT2D eigenvalue weighted by Gasteiger charge is -2.40. The second kappa shape index (κ2) is 7.84. The zero-order chi connectivity index (χ0) is 19.8. The van der Waals surface area contributed by atoms with Gasteiger partial charge in [-0.2, -0.15) is 10.1 Å². The fraction of sp³-hybridized carbons (Fsp3) is 0.773. The van der Waals surface area contributed by atoms with E-state index in [0.29, 0.717) is 5.92 Å². The Balaban J connectivity index is 1.29. The summed E-state index contributed by atoms with van der Waals surface area (Å²) in [6.07, 6.45) is 8.18. The van der Waals surface area contributed by atoms with Gasteiger partial charge in [0.2, 0.25) is 5.89 Å². The molecule has 2 saturated heterocycles. The molecular formula is C22H33N5O2. The van der Waals surface area contributed by atoms with Gasteiger partial charge in [-0.25, -0.2) is 0 Å². The maximum atomic E-state index is 5.78. The summed E-state index contributed by atoms with van der Waals surface area (Å²) in [5.41, 5.74) is 2.47. The van der Waals surface area contributed by atoms with Crippen molar-refractivity contribution >= 4 is 0 Å². The Kier molecular flexibility index (Phi) is 5.20. The summed E-state index contributed by atoms with van der Waals surface area (Å²) in [6, 6.07) is 2.20. The van der Waals surface area contributed by atoms with Gasteiger partial charge in [0.25, 0.3) is 0 Å². The summed E-state index contributed by atoms with van der Waals surface area (Å²) in [5.74, 6) is 3.04. The molecule has 0 unspecified atom stereocenters. The van der Waals surface area contributed by atoms with Crippen LogP contribution in [-0.2, 0) is 23.7 Å². The number of aromatic nitrogens is 4. The minimum Gasteiger partial charge on any atom is -0.381 e. The fourth-order valence-electron chi connectivity index (χ4n) is 5.14. The third-order valence-corrected chi connectivity index (χ3v) is 7.16. The fourth-order valence-corrected chi connectivity index (χ4v) is 5.14. The van der Waals surface area contributed by atoms with Gasteiger partial charge in [0.15, 0.2) is 5.82 Å². The van der Waals surface area contributed by atoms with Crippen LogP contribution in [0.15, 0.2) is 10.6 Å². The SMILES string of the molecule is Cc1cc(CN2CCC(CC3CC3)(c3noc(C4CCOCC4)n3)CC2)n(C)n1. The van der Waals surface area contributed by atoms with Crippen LogP contribution in [0, 0.1) is 12.8 Å². The number of rotatable bonds is 6. The summed E-state index contributed by atoms with van der Waals surface area (Å²) in [4.78, 5) is 7.53. The Morgan fingerprint density at radius 3 is 2.55 bits per heavy atom. The number of hydrogen-bond donors (Lipinski definition) is 0. The van der Waals surface area contributed by atoms with Gasteiger partial charge >= 0.3 is 0 Å². The largest absolute Gasteiger partial charge is 0.381 e. The van der Waals surface area contributed by atoms with Crippen LogP contribution in [0.25, 0.3) is 0 Å². The first kappa shape index (κ1) is 19.2. The van der Waals surface area contributed by atoms with Gasteiger partial charge in [0.1, 0.15) is 0 Å². The molecule has 0 spiro atoms. The molecule has 2 aromatic heterocycles. The van der Waals surface area contributed by atoms with Gasteiger partial charge in [-0.1, -0.05) is 18.0 Å². The van der Waals surface area contributed by atoms with Crippen LogP contribution < -0.4 is 0 Å². The van der Waals surface area contributed by atoms with Gasteiger partial charge in [-0.3, -0.25) is 9.58 Å². The normalized spacial score (nSPS) is 23.5. The van der Waals surface area contributed by atoms with Gasteiger partial charge in [0.05, 0.1) is 11.4 Å². The molecular weight excluding hydrogens is 366 g/mol. The Hall–Kier alpha value is -1.73. The molecule has 1 aliphatic carbocycles. The van der Waals surface area contributed by atoms with Crippen LogP contribution in [0.2, 0.25) is 0 Å². The van der Waals surface area contributed by atoms with Gasteiger partial charge in [-0.05, 0) is 64.1 Å². The summed E-state index contributed by atoms with van der Waals surface area (Å²) in [7, 11) is 2.04. The third kappa shape index (κ3) is 4.12. The number of piperidine rings is 1. The zero-order valence-corrected chi connectivity index (χ0v) is 17.8. The molecule has 0 radical (unpaired) electrons. The molecule has 5 rings (SSSR count). The zero-order valence-electron chi connectivity index (χ0n) is 17.8. The average molecular weight is 400 g/mol. The third-order valence-electron chi connectivity index (χ3n) is 7.16. The van der Waals surface area contributed by atoms with E-state index >= 15 is 0 Å². The minimum atomic E-state index is 0.0902. The first-order valence-electron chi connectivity index (χ1n) is 11.2. The summed E-state index contributed by atoms with van der Waals surface area (Å²) in [6.45, 7) is 6.80. The van der Waals surface area contributed by atoms with E-state index in [2.05, 4.69) is 28.1 Å². The summed E-state index contributed by atoms with van der Waals surface area (Å²) >= 11 is 0. The molecule has 3 fully saturated rings. The molecule has 7 heteroatoms. The summed E-state index contributed by atoms with van der Waals surface area (Å²) in [5, 5.41) is 9.03. The van der Waals surface area contributed by atoms with Crippen molar-refractivity contribution in [3.05, 3.63) is 29.2 Å². The highest BCUT2D eigenvalue weighted by atomic mass is 16.5. The highest BCUT2D eigenvalue weighted by Crippen LogP contribution is 2.47. The van der Waals surface area contributed by atoms with Gasteiger partial charge < -0.3 is 9.26 Å². The Labute approximate surface area is 172 Å². The van der Waals surface area contributed by atoms with Crippen LogP contribution in [0.3, 0.4) is 0 Å². The lowest BCUT2D eigenvalue weighted by Crippen LogP contribution is -2.43. The molecule has 0 aromatic carbocycles. The molecule has 7 nitrogen and oxygen atoms in total. The summed E-state index contributed by atoms with van der Waals surface area (Å²) < 4.78 is 13.3. The van der Waals surface area contributed by atoms with Gasteiger partial charge in [0, 0.05) is 38.1 Å². The van der Waals surface area contributed by atoms with Crippen molar-refractivity contribution in [2.75, 3.05) is 26.3 Å². The predicted octanol–water partition coefficient (Wildman–Crippen LogP) is 3.34. The molecule has 3 aliphatic rings. The number of nitrogens with zero attached hydrogens (tertiary/aromatic N) is 5. The maximum absolute atomic E-state index is 5.78. The molecule has 4 heterocycles. The van der Waals surface area contributed by atoms with Crippen molar-refractivity contribution in [1.29, 1.82) is 0 Å². The molecule has 0 N–H and O–H groups in total. The van der Waals surface area contributed by atoms with Crippen LogP contribution in [-0.4, -0.2) is 51.1 Å². The highest BCUT2D eigenvalue weighted by molar-refractivity contribution is 5.14. The molecule has 2 aromatic rings. The predicted molar refractivity (Wildman–Crippen MR) is 109 cm³/mol. The quantitative estimate of drug-likeness (QED) is 0.742. The average Bonchev–Trinajstić information content (AvgIpc) is 3.28. The lowest BCUT2D eigenvalue weighted by molar-refractivity contribution is 0.0778. The van der Waals surface area contributed by atoms with Crippen LogP contribution in [0.4, 0.5) is 0 Å². The Morgan fingerprint density at radius 1 is 1.14 bits per heavy atom. The number of likely N-dealkylation sites (tertiary alicyclic amines) is 1. The van der Waals surface area contributed by atoms with Crippen LogP contribution in [0.5, 0.6) is 0 Å². The molecule has 0 atom stereocenters. The van der Waals surface area contributed by atoms with Crippen molar-refractivity contribution in [2.45, 2.75) is 69.7 Å². The maximum Gasteiger partial charge on any atom is 0.229 e. The smallest absolute Gasteiger partial charge is 0.229 e. The molecule has 0 bridgehead atoms. The van der Waals surface area contributed by atoms with E-state index in [1.165, 1.54) is 25.0 Å². The Bertz CT molecular complexity index is 826. The second-order valence-corrected chi connectivity index (χ2v) is 9.45. The van der Waals surface area contributed by atoms with E-state index in [1.807, 2.05) is 11.7 Å². The van der Waals surface area contributed by atoms with E-state index in [0.717, 1.165) is 81.9 Å². The van der Waals surface area contributed by atoms with E-state index in [9.17, 15) is 0 Å². The number of hydrogen-bond acceptors (Lipinski definition) is 6. The van der Waals surface area contributed by atoms with Crippen molar-refractivity contribution in [3.63, 3.8) is 0 Å². The molecule has 158 valence electrons.